The van der Waals surface area contributed by atoms with E-state index in [2.05, 4.69) is 20.8 Å². The first-order valence-electron chi connectivity index (χ1n) is 4.39. The van der Waals surface area contributed by atoms with E-state index in [0.29, 0.717) is 6.42 Å². The summed E-state index contributed by atoms with van der Waals surface area (Å²) in [6, 6.07) is 0. The third-order valence-corrected chi connectivity index (χ3v) is 2.37. The van der Waals surface area contributed by atoms with Crippen LogP contribution in [0.25, 0.3) is 0 Å². The summed E-state index contributed by atoms with van der Waals surface area (Å²) < 4.78 is 25.4. The average molecular weight is 174 g/mol. The van der Waals surface area contributed by atoms with Crippen LogP contribution in [0.15, 0.2) is 11.6 Å². The predicted octanol–water partition coefficient (Wildman–Crippen LogP) is 3.78. The van der Waals surface area contributed by atoms with Crippen LogP contribution >= 0.6 is 0 Å². The van der Waals surface area contributed by atoms with Crippen LogP contribution in [0.4, 0.5) is 8.78 Å². The van der Waals surface area contributed by atoms with Gasteiger partial charge in [0.05, 0.1) is 0 Å². The van der Waals surface area contributed by atoms with Gasteiger partial charge in [-0.05, 0) is 11.8 Å². The number of alkyl halides is 2. The van der Waals surface area contributed by atoms with E-state index in [-0.39, 0.29) is 18.3 Å². The van der Waals surface area contributed by atoms with E-state index in [1.54, 1.807) is 6.08 Å². The van der Waals surface area contributed by atoms with Gasteiger partial charge >= 0.3 is 0 Å². The number of rotatable bonds is 0. The van der Waals surface area contributed by atoms with Crippen molar-refractivity contribution in [3.8, 4) is 0 Å². The lowest BCUT2D eigenvalue weighted by molar-refractivity contribution is -0.0104. The van der Waals surface area contributed by atoms with Crippen molar-refractivity contribution in [1.82, 2.24) is 0 Å². The largest absolute Gasteiger partial charge is 0.251 e. The van der Waals surface area contributed by atoms with E-state index < -0.39 is 5.92 Å². The smallest absolute Gasteiger partial charge is 0.207 e. The maximum absolute atomic E-state index is 12.7. The van der Waals surface area contributed by atoms with Gasteiger partial charge in [-0.25, -0.2) is 8.78 Å². The Labute approximate surface area is 72.7 Å². The molecule has 0 aromatic heterocycles. The van der Waals surface area contributed by atoms with Crippen LogP contribution in [0.3, 0.4) is 0 Å². The number of allylic oxidation sites excluding steroid dienone is 2. The molecule has 12 heavy (non-hydrogen) atoms. The molecule has 0 radical (unpaired) electrons. The lowest BCUT2D eigenvalue weighted by Crippen LogP contribution is -2.22. The molecule has 0 bridgehead atoms. The average Bonchev–Trinajstić information content (AvgIpc) is 1.83. The molecular formula is C10H16F2. The van der Waals surface area contributed by atoms with E-state index in [1.807, 2.05) is 0 Å². The lowest BCUT2D eigenvalue weighted by atomic mass is 9.79. The third kappa shape index (κ3) is 2.29. The minimum atomic E-state index is -2.45. The van der Waals surface area contributed by atoms with Crippen LogP contribution in [0, 0.1) is 5.41 Å². The molecule has 0 aliphatic heterocycles. The molecule has 0 saturated heterocycles. The summed E-state index contributed by atoms with van der Waals surface area (Å²) in [5.74, 6) is -2.45. The van der Waals surface area contributed by atoms with Gasteiger partial charge in [0.15, 0.2) is 0 Å². The van der Waals surface area contributed by atoms with Gasteiger partial charge in [0, 0.05) is 12.8 Å². The number of hydrogen-bond donors (Lipinski definition) is 0. The first kappa shape index (κ1) is 9.69. The topological polar surface area (TPSA) is 0 Å². The van der Waals surface area contributed by atoms with Crippen molar-refractivity contribution in [3.05, 3.63) is 11.6 Å². The van der Waals surface area contributed by atoms with Crippen molar-refractivity contribution in [1.29, 1.82) is 0 Å². The molecular weight excluding hydrogens is 158 g/mol. The lowest BCUT2D eigenvalue weighted by Gasteiger charge is -2.29. The van der Waals surface area contributed by atoms with Crippen molar-refractivity contribution < 1.29 is 8.78 Å². The molecule has 0 unspecified atom stereocenters. The van der Waals surface area contributed by atoms with Gasteiger partial charge in [-0.1, -0.05) is 32.4 Å². The molecule has 0 amide bonds. The number of halogens is 2. The van der Waals surface area contributed by atoms with E-state index in [9.17, 15) is 8.78 Å². The van der Waals surface area contributed by atoms with Crippen LogP contribution in [0.5, 0.6) is 0 Å². The van der Waals surface area contributed by atoms with E-state index in [1.165, 1.54) is 5.57 Å². The highest BCUT2D eigenvalue weighted by atomic mass is 19.3. The normalized spacial score (nSPS) is 23.6. The van der Waals surface area contributed by atoms with Crippen molar-refractivity contribution in [2.24, 2.45) is 5.41 Å². The molecule has 0 aromatic rings. The highest BCUT2D eigenvalue weighted by molar-refractivity contribution is 5.15. The van der Waals surface area contributed by atoms with Crippen LogP contribution < -0.4 is 0 Å². The fraction of sp³-hybridized carbons (Fsp3) is 0.800. The van der Waals surface area contributed by atoms with Crippen LogP contribution in [0.1, 0.15) is 40.0 Å². The first-order chi connectivity index (χ1) is 5.31. The second-order valence-electron chi connectivity index (χ2n) is 4.54. The molecule has 0 aromatic carbocycles. The van der Waals surface area contributed by atoms with Crippen LogP contribution in [-0.2, 0) is 0 Å². The minimum absolute atomic E-state index is 0.0239. The quantitative estimate of drug-likeness (QED) is 0.490. The van der Waals surface area contributed by atoms with Crippen LogP contribution in [0.2, 0.25) is 0 Å². The summed E-state index contributed by atoms with van der Waals surface area (Å²) in [7, 11) is 0. The Balaban J connectivity index is 2.69. The summed E-state index contributed by atoms with van der Waals surface area (Å²) >= 11 is 0. The molecule has 1 rings (SSSR count). The van der Waals surface area contributed by atoms with Crippen molar-refractivity contribution >= 4 is 0 Å². The van der Waals surface area contributed by atoms with Crippen molar-refractivity contribution in [3.63, 3.8) is 0 Å². The maximum Gasteiger partial charge on any atom is 0.251 e. The third-order valence-electron chi connectivity index (χ3n) is 2.37. The fourth-order valence-corrected chi connectivity index (χ4v) is 1.48. The standard InChI is InChI=1S/C10H16F2/c1-9(2,3)8-4-6-10(11,12)7-5-8/h4H,5-7H2,1-3H3. The Morgan fingerprint density at radius 3 is 2.25 bits per heavy atom. The molecule has 0 saturated carbocycles. The summed E-state index contributed by atoms with van der Waals surface area (Å²) in [5, 5.41) is 0. The van der Waals surface area contributed by atoms with Gasteiger partial charge in [0.25, 0.3) is 5.92 Å². The molecule has 0 nitrogen and oxygen atoms in total. The van der Waals surface area contributed by atoms with Gasteiger partial charge in [0.1, 0.15) is 0 Å². The maximum atomic E-state index is 12.7. The zero-order valence-electron chi connectivity index (χ0n) is 7.95. The van der Waals surface area contributed by atoms with Gasteiger partial charge in [-0.3, -0.25) is 0 Å². The molecule has 70 valence electrons. The Morgan fingerprint density at radius 2 is 1.92 bits per heavy atom. The monoisotopic (exact) mass is 174 g/mol. The first-order valence-corrected chi connectivity index (χ1v) is 4.39. The van der Waals surface area contributed by atoms with Gasteiger partial charge in [0.2, 0.25) is 0 Å². The molecule has 0 N–H and O–H groups in total. The molecule has 0 fully saturated rings. The minimum Gasteiger partial charge on any atom is -0.207 e. The van der Waals surface area contributed by atoms with Gasteiger partial charge in [-0.2, -0.15) is 0 Å². The summed E-state index contributed by atoms with van der Waals surface area (Å²) in [4.78, 5) is 0. The van der Waals surface area contributed by atoms with E-state index in [0.717, 1.165) is 0 Å². The van der Waals surface area contributed by atoms with Crippen molar-refractivity contribution in [2.45, 2.75) is 46.0 Å². The number of hydrogen-bond acceptors (Lipinski definition) is 0. The summed E-state index contributed by atoms with van der Waals surface area (Å²) in [6.45, 7) is 6.22. The van der Waals surface area contributed by atoms with Gasteiger partial charge < -0.3 is 0 Å². The highest BCUT2D eigenvalue weighted by Gasteiger charge is 2.33. The zero-order chi connectivity index (χ0) is 9.41. The molecule has 1 aliphatic rings. The second kappa shape index (κ2) is 2.82. The molecule has 0 atom stereocenters. The molecule has 0 heterocycles. The summed E-state index contributed by atoms with van der Waals surface area (Å²) in [6.07, 6.45) is 2.22. The Hall–Kier alpha value is -0.400. The molecule has 0 spiro atoms. The predicted molar refractivity (Wildman–Crippen MR) is 46.3 cm³/mol. The Bertz CT molecular complexity index is 196. The van der Waals surface area contributed by atoms with Crippen molar-refractivity contribution in [2.75, 3.05) is 0 Å². The molecule has 2 heteroatoms. The SMILES string of the molecule is CC(C)(C)C1=CCC(F)(F)CC1. The Morgan fingerprint density at radius 1 is 1.33 bits per heavy atom. The highest BCUT2D eigenvalue weighted by Crippen LogP contribution is 2.39. The molecule has 1 aliphatic carbocycles. The van der Waals surface area contributed by atoms with Gasteiger partial charge in [-0.15, -0.1) is 0 Å². The summed E-state index contributed by atoms with van der Waals surface area (Å²) in [5.41, 5.74) is 1.24. The second-order valence-corrected chi connectivity index (χ2v) is 4.54. The van der Waals surface area contributed by atoms with E-state index in [4.69, 9.17) is 0 Å². The van der Waals surface area contributed by atoms with E-state index >= 15 is 0 Å². The zero-order valence-corrected chi connectivity index (χ0v) is 7.95. The fourth-order valence-electron chi connectivity index (χ4n) is 1.48. The Kier molecular flexibility index (Phi) is 2.28. The van der Waals surface area contributed by atoms with Crippen LogP contribution in [-0.4, -0.2) is 5.92 Å².